The van der Waals surface area contributed by atoms with Crippen LogP contribution in [0.3, 0.4) is 0 Å². The summed E-state index contributed by atoms with van der Waals surface area (Å²) in [6, 6.07) is 17.0. The minimum atomic E-state index is -0.350. The van der Waals surface area contributed by atoms with E-state index >= 15 is 0 Å². The molecule has 0 bridgehead atoms. The molecule has 0 saturated carbocycles. The van der Waals surface area contributed by atoms with Gasteiger partial charge in [-0.2, -0.15) is 4.68 Å². The lowest BCUT2D eigenvalue weighted by molar-refractivity contribution is -0.115. The molecule has 3 aromatic rings. The summed E-state index contributed by atoms with van der Waals surface area (Å²) in [5.41, 5.74) is 1.59. The van der Waals surface area contributed by atoms with Crippen LogP contribution < -0.4 is 5.32 Å². The number of para-hydroxylation sites is 1. The van der Waals surface area contributed by atoms with E-state index in [1.807, 2.05) is 61.5 Å². The van der Waals surface area contributed by atoms with Gasteiger partial charge < -0.3 is 5.32 Å². The highest BCUT2D eigenvalue weighted by Gasteiger charge is 2.19. The standard InChI is InChI=1S/C16H14BrN5OS/c1-11(15(23)18-13-7-5-6-12(17)10-13)24-16-19-20-21-22(16)14-8-3-2-4-9-14/h2-11H,1H3,(H,18,23)/t11-/m1/s1. The molecule has 1 amide bonds. The Hall–Kier alpha value is -2.19. The Bertz CT molecular complexity index is 839. The number of carbonyl (C=O) groups excluding carboxylic acids is 1. The van der Waals surface area contributed by atoms with Crippen LogP contribution in [0.5, 0.6) is 0 Å². The Morgan fingerprint density at radius 3 is 2.75 bits per heavy atom. The van der Waals surface area contributed by atoms with Gasteiger partial charge in [0.05, 0.1) is 10.9 Å². The quantitative estimate of drug-likeness (QED) is 0.659. The molecular formula is C16H14BrN5OS. The second kappa shape index (κ2) is 7.59. The number of nitrogens with zero attached hydrogens (tertiary/aromatic N) is 4. The van der Waals surface area contributed by atoms with Crippen molar-refractivity contribution >= 4 is 39.3 Å². The summed E-state index contributed by atoms with van der Waals surface area (Å²) < 4.78 is 2.53. The van der Waals surface area contributed by atoms with Gasteiger partial charge in [-0.15, -0.1) is 5.10 Å². The first-order chi connectivity index (χ1) is 11.6. The van der Waals surface area contributed by atoms with E-state index in [0.717, 1.165) is 15.8 Å². The minimum Gasteiger partial charge on any atom is -0.325 e. The van der Waals surface area contributed by atoms with Crippen LogP contribution in [0.2, 0.25) is 0 Å². The van der Waals surface area contributed by atoms with Crippen molar-refractivity contribution in [2.45, 2.75) is 17.3 Å². The summed E-state index contributed by atoms with van der Waals surface area (Å²) in [5.74, 6) is -0.110. The number of carbonyl (C=O) groups is 1. The molecule has 0 aliphatic carbocycles. The highest BCUT2D eigenvalue weighted by Crippen LogP contribution is 2.24. The van der Waals surface area contributed by atoms with E-state index in [-0.39, 0.29) is 11.2 Å². The monoisotopic (exact) mass is 403 g/mol. The lowest BCUT2D eigenvalue weighted by Crippen LogP contribution is -2.22. The summed E-state index contributed by atoms with van der Waals surface area (Å²) in [6.07, 6.45) is 0. The van der Waals surface area contributed by atoms with Gasteiger partial charge in [0.2, 0.25) is 11.1 Å². The Balaban J connectivity index is 1.70. The smallest absolute Gasteiger partial charge is 0.237 e. The zero-order valence-electron chi connectivity index (χ0n) is 12.8. The number of tetrazole rings is 1. The van der Waals surface area contributed by atoms with Crippen molar-refractivity contribution in [3.63, 3.8) is 0 Å². The molecule has 0 radical (unpaired) electrons. The predicted molar refractivity (Wildman–Crippen MR) is 97.2 cm³/mol. The zero-order chi connectivity index (χ0) is 16.9. The van der Waals surface area contributed by atoms with Gasteiger partial charge in [0.25, 0.3) is 0 Å². The maximum Gasteiger partial charge on any atom is 0.237 e. The van der Waals surface area contributed by atoms with Crippen LogP contribution in [0.15, 0.2) is 64.2 Å². The molecule has 122 valence electrons. The first kappa shape index (κ1) is 16.7. The van der Waals surface area contributed by atoms with Crippen molar-refractivity contribution in [2.75, 3.05) is 5.32 Å². The Morgan fingerprint density at radius 1 is 1.21 bits per heavy atom. The number of nitrogens with one attached hydrogen (secondary N) is 1. The SMILES string of the molecule is C[C@@H](Sc1nnnn1-c1ccccc1)C(=O)Nc1cccc(Br)c1. The molecule has 0 spiro atoms. The number of anilines is 1. The van der Waals surface area contributed by atoms with Crippen molar-refractivity contribution in [3.05, 3.63) is 59.1 Å². The summed E-state index contributed by atoms with van der Waals surface area (Å²) in [4.78, 5) is 12.4. The number of benzene rings is 2. The lowest BCUT2D eigenvalue weighted by atomic mass is 10.3. The molecule has 1 heterocycles. The Kier molecular flexibility index (Phi) is 5.27. The second-order valence-electron chi connectivity index (χ2n) is 4.97. The minimum absolute atomic E-state index is 0.110. The highest BCUT2D eigenvalue weighted by molar-refractivity contribution is 9.10. The van der Waals surface area contributed by atoms with Crippen LogP contribution >= 0.6 is 27.7 Å². The van der Waals surface area contributed by atoms with E-state index in [0.29, 0.717) is 5.16 Å². The molecule has 0 unspecified atom stereocenters. The van der Waals surface area contributed by atoms with E-state index in [1.165, 1.54) is 11.8 Å². The van der Waals surface area contributed by atoms with E-state index in [9.17, 15) is 4.79 Å². The van der Waals surface area contributed by atoms with Crippen molar-refractivity contribution in [1.29, 1.82) is 0 Å². The van der Waals surface area contributed by atoms with Gasteiger partial charge >= 0.3 is 0 Å². The predicted octanol–water partition coefficient (Wildman–Crippen LogP) is 3.54. The number of halogens is 1. The average molecular weight is 404 g/mol. The number of thioether (sulfide) groups is 1. The molecule has 1 aromatic heterocycles. The first-order valence-electron chi connectivity index (χ1n) is 7.20. The molecule has 0 fully saturated rings. The molecule has 3 rings (SSSR count). The van der Waals surface area contributed by atoms with Crippen LogP contribution in [0.25, 0.3) is 5.69 Å². The number of amides is 1. The molecule has 0 saturated heterocycles. The van der Waals surface area contributed by atoms with Crippen LogP contribution in [-0.2, 0) is 4.79 Å². The van der Waals surface area contributed by atoms with Crippen molar-refractivity contribution in [3.8, 4) is 5.69 Å². The molecule has 0 aliphatic heterocycles. The second-order valence-corrected chi connectivity index (χ2v) is 7.19. The molecule has 8 heteroatoms. The van der Waals surface area contributed by atoms with E-state index in [2.05, 4.69) is 36.8 Å². The van der Waals surface area contributed by atoms with Gasteiger partial charge in [0.1, 0.15) is 0 Å². The fraction of sp³-hybridized carbons (Fsp3) is 0.125. The number of hydrogen-bond acceptors (Lipinski definition) is 5. The fourth-order valence-corrected chi connectivity index (χ4v) is 3.21. The third kappa shape index (κ3) is 4.01. The van der Waals surface area contributed by atoms with Gasteiger partial charge in [-0.3, -0.25) is 4.79 Å². The number of aromatic nitrogens is 4. The van der Waals surface area contributed by atoms with Crippen LogP contribution in [0.4, 0.5) is 5.69 Å². The lowest BCUT2D eigenvalue weighted by Gasteiger charge is -2.12. The summed E-state index contributed by atoms with van der Waals surface area (Å²) in [6.45, 7) is 1.82. The normalized spacial score (nSPS) is 11.9. The highest BCUT2D eigenvalue weighted by atomic mass is 79.9. The average Bonchev–Trinajstić information content (AvgIpc) is 3.03. The van der Waals surface area contributed by atoms with Gasteiger partial charge in [0.15, 0.2) is 0 Å². The molecule has 1 N–H and O–H groups in total. The first-order valence-corrected chi connectivity index (χ1v) is 8.87. The van der Waals surface area contributed by atoms with Crippen molar-refractivity contribution in [2.24, 2.45) is 0 Å². The maximum atomic E-state index is 12.4. The summed E-state index contributed by atoms with van der Waals surface area (Å²) in [5, 5.41) is 14.8. The molecule has 1 atom stereocenters. The number of hydrogen-bond donors (Lipinski definition) is 1. The summed E-state index contributed by atoms with van der Waals surface area (Å²) in [7, 11) is 0. The van der Waals surface area contributed by atoms with Crippen molar-refractivity contribution < 1.29 is 4.79 Å². The molecular weight excluding hydrogens is 390 g/mol. The van der Waals surface area contributed by atoms with Gasteiger partial charge in [-0.1, -0.05) is 52.0 Å². The fourth-order valence-electron chi connectivity index (χ4n) is 2.01. The molecule has 2 aromatic carbocycles. The Labute approximate surface area is 151 Å². The van der Waals surface area contributed by atoms with E-state index in [1.54, 1.807) is 4.68 Å². The topological polar surface area (TPSA) is 72.7 Å². The van der Waals surface area contributed by atoms with Crippen LogP contribution in [-0.4, -0.2) is 31.4 Å². The molecule has 0 aliphatic rings. The van der Waals surface area contributed by atoms with Crippen molar-refractivity contribution in [1.82, 2.24) is 20.2 Å². The van der Waals surface area contributed by atoms with E-state index < -0.39 is 0 Å². The van der Waals surface area contributed by atoms with Crippen LogP contribution in [0.1, 0.15) is 6.92 Å². The zero-order valence-corrected chi connectivity index (χ0v) is 15.2. The van der Waals surface area contributed by atoms with Gasteiger partial charge in [-0.05, 0) is 47.7 Å². The summed E-state index contributed by atoms with van der Waals surface area (Å²) >= 11 is 4.69. The van der Waals surface area contributed by atoms with E-state index in [4.69, 9.17) is 0 Å². The number of rotatable bonds is 5. The molecule has 6 nitrogen and oxygen atoms in total. The molecule has 24 heavy (non-hydrogen) atoms. The van der Waals surface area contributed by atoms with Gasteiger partial charge in [-0.25, -0.2) is 0 Å². The third-order valence-electron chi connectivity index (χ3n) is 3.19. The largest absolute Gasteiger partial charge is 0.325 e. The Morgan fingerprint density at radius 2 is 2.00 bits per heavy atom. The van der Waals surface area contributed by atoms with Crippen LogP contribution in [0, 0.1) is 0 Å². The van der Waals surface area contributed by atoms with Gasteiger partial charge in [0, 0.05) is 10.2 Å². The third-order valence-corrected chi connectivity index (χ3v) is 4.71. The maximum absolute atomic E-state index is 12.4.